The van der Waals surface area contributed by atoms with Crippen LogP contribution in [0.5, 0.6) is 0 Å². The standard InChI is InChI=1S/C16H24N2S/c17-9-8-14-6-3-4-10-18(14)12-15-11-13-5-1-2-7-16(13)19-15/h1-2,5,7,14-15H,3-4,6,8-12,17H2. The lowest BCUT2D eigenvalue weighted by Gasteiger charge is -2.37. The van der Waals surface area contributed by atoms with Crippen molar-refractivity contribution in [3.8, 4) is 0 Å². The van der Waals surface area contributed by atoms with E-state index in [0.29, 0.717) is 0 Å². The third-order valence-corrected chi connectivity index (χ3v) is 5.70. The Kier molecular flexibility index (Phi) is 4.46. The lowest BCUT2D eigenvalue weighted by Crippen LogP contribution is -2.43. The molecule has 0 radical (unpaired) electrons. The highest BCUT2D eigenvalue weighted by atomic mass is 32.2. The average molecular weight is 276 g/mol. The zero-order valence-electron chi connectivity index (χ0n) is 11.6. The smallest absolute Gasteiger partial charge is 0.0263 e. The Morgan fingerprint density at radius 3 is 3.00 bits per heavy atom. The van der Waals surface area contributed by atoms with Crippen LogP contribution in [-0.4, -0.2) is 35.8 Å². The van der Waals surface area contributed by atoms with Gasteiger partial charge in [0.1, 0.15) is 0 Å². The molecule has 0 spiro atoms. The van der Waals surface area contributed by atoms with Crippen LogP contribution in [0.3, 0.4) is 0 Å². The minimum absolute atomic E-state index is 0.739. The van der Waals surface area contributed by atoms with Crippen molar-refractivity contribution < 1.29 is 0 Å². The molecule has 104 valence electrons. The highest BCUT2D eigenvalue weighted by Crippen LogP contribution is 2.37. The number of rotatable bonds is 4. The largest absolute Gasteiger partial charge is 0.330 e. The van der Waals surface area contributed by atoms with Crippen molar-refractivity contribution in [1.29, 1.82) is 0 Å². The Hall–Kier alpha value is -0.510. The van der Waals surface area contributed by atoms with Crippen LogP contribution in [0.2, 0.25) is 0 Å². The van der Waals surface area contributed by atoms with E-state index in [9.17, 15) is 0 Å². The predicted octanol–water partition coefficient (Wildman–Crippen LogP) is 2.91. The summed E-state index contributed by atoms with van der Waals surface area (Å²) in [5.74, 6) is 0. The molecule has 1 aromatic rings. The molecule has 1 aromatic carbocycles. The second-order valence-corrected chi connectivity index (χ2v) is 7.12. The first-order valence-electron chi connectivity index (χ1n) is 7.55. The summed E-state index contributed by atoms with van der Waals surface area (Å²) >= 11 is 2.08. The highest BCUT2D eigenvalue weighted by Gasteiger charge is 2.28. The Balaban J connectivity index is 1.60. The van der Waals surface area contributed by atoms with Crippen molar-refractivity contribution in [1.82, 2.24) is 4.90 Å². The Morgan fingerprint density at radius 1 is 1.26 bits per heavy atom. The van der Waals surface area contributed by atoms with Gasteiger partial charge < -0.3 is 5.73 Å². The molecule has 1 saturated heterocycles. The maximum absolute atomic E-state index is 5.77. The van der Waals surface area contributed by atoms with Gasteiger partial charge >= 0.3 is 0 Å². The Bertz CT molecular complexity index is 394. The van der Waals surface area contributed by atoms with Gasteiger partial charge in [0.05, 0.1) is 0 Å². The maximum Gasteiger partial charge on any atom is 0.0263 e. The van der Waals surface area contributed by atoms with E-state index < -0.39 is 0 Å². The third kappa shape index (κ3) is 3.15. The molecular formula is C16H24N2S. The van der Waals surface area contributed by atoms with Crippen LogP contribution < -0.4 is 5.73 Å². The number of hydrogen-bond acceptors (Lipinski definition) is 3. The van der Waals surface area contributed by atoms with E-state index in [1.807, 2.05) is 0 Å². The molecule has 0 amide bonds. The van der Waals surface area contributed by atoms with Crippen LogP contribution in [0.4, 0.5) is 0 Å². The van der Waals surface area contributed by atoms with Gasteiger partial charge in [0.2, 0.25) is 0 Å². The summed E-state index contributed by atoms with van der Waals surface area (Å²) < 4.78 is 0. The van der Waals surface area contributed by atoms with Crippen molar-refractivity contribution in [2.24, 2.45) is 5.73 Å². The molecule has 3 heteroatoms. The molecule has 2 N–H and O–H groups in total. The second kappa shape index (κ2) is 6.29. The van der Waals surface area contributed by atoms with Gasteiger partial charge in [-0.1, -0.05) is 24.6 Å². The van der Waals surface area contributed by atoms with E-state index in [4.69, 9.17) is 5.73 Å². The summed E-state index contributed by atoms with van der Waals surface area (Å²) in [7, 11) is 0. The molecule has 0 aromatic heterocycles. The molecule has 2 heterocycles. The number of thioether (sulfide) groups is 1. The van der Waals surface area contributed by atoms with Crippen molar-refractivity contribution >= 4 is 11.8 Å². The van der Waals surface area contributed by atoms with E-state index in [1.165, 1.54) is 50.1 Å². The summed E-state index contributed by atoms with van der Waals surface area (Å²) in [6.07, 6.45) is 6.52. The molecule has 2 atom stereocenters. The van der Waals surface area contributed by atoms with Gasteiger partial charge in [-0.15, -0.1) is 11.8 Å². The topological polar surface area (TPSA) is 29.3 Å². The van der Waals surface area contributed by atoms with E-state index in [1.54, 1.807) is 5.56 Å². The molecule has 2 aliphatic rings. The van der Waals surface area contributed by atoms with E-state index >= 15 is 0 Å². The first kappa shape index (κ1) is 13.5. The summed E-state index contributed by atoms with van der Waals surface area (Å²) in [4.78, 5) is 4.21. The quantitative estimate of drug-likeness (QED) is 0.917. The zero-order valence-corrected chi connectivity index (χ0v) is 12.4. The molecule has 0 bridgehead atoms. The Labute approximate surface area is 120 Å². The normalized spacial score (nSPS) is 27.4. The van der Waals surface area contributed by atoms with Gasteiger partial charge in [-0.2, -0.15) is 0 Å². The van der Waals surface area contributed by atoms with Crippen LogP contribution in [0, 0.1) is 0 Å². The van der Waals surface area contributed by atoms with Crippen LogP contribution in [0.25, 0.3) is 0 Å². The monoisotopic (exact) mass is 276 g/mol. The first-order valence-corrected chi connectivity index (χ1v) is 8.43. The molecule has 1 fully saturated rings. The number of piperidine rings is 1. The summed E-state index contributed by atoms with van der Waals surface area (Å²) in [5, 5.41) is 0.746. The van der Waals surface area contributed by atoms with Crippen LogP contribution in [0.1, 0.15) is 31.2 Å². The van der Waals surface area contributed by atoms with E-state index in [0.717, 1.165) is 17.8 Å². The van der Waals surface area contributed by atoms with Gasteiger partial charge in [0.15, 0.2) is 0 Å². The number of nitrogens with zero attached hydrogens (tertiary/aromatic N) is 1. The van der Waals surface area contributed by atoms with Gasteiger partial charge in [0, 0.05) is 22.7 Å². The zero-order chi connectivity index (χ0) is 13.1. The van der Waals surface area contributed by atoms with Gasteiger partial charge in [0.25, 0.3) is 0 Å². The molecule has 2 aliphatic heterocycles. The fraction of sp³-hybridized carbons (Fsp3) is 0.625. The van der Waals surface area contributed by atoms with Crippen LogP contribution in [0.15, 0.2) is 29.2 Å². The SMILES string of the molecule is NCCC1CCCCN1CC1Cc2ccccc2S1. The molecule has 2 unspecified atom stereocenters. The van der Waals surface area contributed by atoms with Crippen LogP contribution >= 0.6 is 11.8 Å². The minimum atomic E-state index is 0.739. The molecule has 2 nitrogen and oxygen atoms in total. The van der Waals surface area contributed by atoms with Gasteiger partial charge in [-0.3, -0.25) is 4.90 Å². The highest BCUT2D eigenvalue weighted by molar-refractivity contribution is 8.00. The number of hydrogen-bond donors (Lipinski definition) is 1. The minimum Gasteiger partial charge on any atom is -0.330 e. The Morgan fingerprint density at radius 2 is 2.16 bits per heavy atom. The molecule has 0 aliphatic carbocycles. The van der Waals surface area contributed by atoms with Gasteiger partial charge in [-0.25, -0.2) is 0 Å². The number of fused-ring (bicyclic) bond motifs is 1. The molecular weight excluding hydrogens is 252 g/mol. The average Bonchev–Trinajstić information content (AvgIpc) is 2.83. The number of benzene rings is 1. The predicted molar refractivity (Wildman–Crippen MR) is 82.7 cm³/mol. The molecule has 19 heavy (non-hydrogen) atoms. The summed E-state index contributed by atoms with van der Waals surface area (Å²) in [6, 6.07) is 9.62. The molecule has 0 saturated carbocycles. The lowest BCUT2D eigenvalue weighted by atomic mass is 9.98. The van der Waals surface area contributed by atoms with Crippen molar-refractivity contribution in [2.75, 3.05) is 19.6 Å². The second-order valence-electron chi connectivity index (χ2n) is 5.77. The first-order chi connectivity index (χ1) is 9.36. The third-order valence-electron chi connectivity index (χ3n) is 4.40. The fourth-order valence-electron chi connectivity index (χ4n) is 3.44. The van der Waals surface area contributed by atoms with Crippen molar-refractivity contribution in [3.05, 3.63) is 29.8 Å². The number of likely N-dealkylation sites (tertiary alicyclic amines) is 1. The van der Waals surface area contributed by atoms with E-state index in [2.05, 4.69) is 40.9 Å². The van der Waals surface area contributed by atoms with Crippen molar-refractivity contribution in [3.63, 3.8) is 0 Å². The molecule has 3 rings (SSSR count). The fourth-order valence-corrected chi connectivity index (χ4v) is 4.78. The number of nitrogens with two attached hydrogens (primary N) is 1. The van der Waals surface area contributed by atoms with Crippen LogP contribution in [-0.2, 0) is 6.42 Å². The summed E-state index contributed by atoms with van der Waals surface area (Å²) in [6.45, 7) is 3.35. The lowest BCUT2D eigenvalue weighted by molar-refractivity contribution is 0.143. The summed E-state index contributed by atoms with van der Waals surface area (Å²) in [5.41, 5.74) is 7.31. The van der Waals surface area contributed by atoms with E-state index in [-0.39, 0.29) is 0 Å². The maximum atomic E-state index is 5.77. The van der Waals surface area contributed by atoms with Gasteiger partial charge in [-0.05, 0) is 50.4 Å². The van der Waals surface area contributed by atoms with Crippen molar-refractivity contribution in [2.45, 2.75) is 48.3 Å².